The molecule has 31 heavy (non-hydrogen) atoms. The number of rotatable bonds is 5. The van der Waals surface area contributed by atoms with E-state index >= 15 is 0 Å². The van der Waals surface area contributed by atoms with Gasteiger partial charge in [-0.1, -0.05) is 29.8 Å². The van der Waals surface area contributed by atoms with Crippen LogP contribution in [-0.2, 0) is 16.6 Å². The summed E-state index contributed by atoms with van der Waals surface area (Å²) in [5.41, 5.74) is 4.36. The number of anilines is 1. The van der Waals surface area contributed by atoms with E-state index < -0.39 is 21.8 Å². The van der Waals surface area contributed by atoms with Gasteiger partial charge < -0.3 is 0 Å². The maximum Gasteiger partial charge on any atom is 0.280 e. The summed E-state index contributed by atoms with van der Waals surface area (Å²) < 4.78 is 28.4. The lowest BCUT2D eigenvalue weighted by Crippen LogP contribution is -2.29. The van der Waals surface area contributed by atoms with E-state index in [2.05, 4.69) is 9.71 Å². The van der Waals surface area contributed by atoms with Gasteiger partial charge in [0, 0.05) is 6.20 Å². The Kier molecular flexibility index (Phi) is 5.10. The lowest BCUT2D eigenvalue weighted by atomic mass is 10.1. The third-order valence-electron chi connectivity index (χ3n) is 5.22. The van der Waals surface area contributed by atoms with Crippen molar-refractivity contribution in [3.63, 3.8) is 0 Å². The number of hydrogen-bond donors (Lipinski definition) is 1. The molecule has 7 nitrogen and oxygen atoms in total. The van der Waals surface area contributed by atoms with E-state index in [1.54, 1.807) is 24.3 Å². The zero-order valence-corrected chi connectivity index (χ0v) is 18.2. The van der Waals surface area contributed by atoms with Crippen LogP contribution in [0.5, 0.6) is 0 Å². The zero-order chi connectivity index (χ0) is 22.3. The smallest absolute Gasteiger partial charge is 0.279 e. The molecule has 1 N–H and O–H groups in total. The second-order valence-electron chi connectivity index (χ2n) is 7.62. The highest BCUT2D eigenvalue weighted by Crippen LogP contribution is 2.26. The number of hydrogen-bond acceptors (Lipinski definition) is 5. The van der Waals surface area contributed by atoms with Crippen molar-refractivity contribution in [1.82, 2.24) is 9.88 Å². The first-order valence-corrected chi connectivity index (χ1v) is 11.2. The van der Waals surface area contributed by atoms with Gasteiger partial charge in [0.25, 0.3) is 21.8 Å². The van der Waals surface area contributed by atoms with Gasteiger partial charge in [-0.05, 0) is 61.7 Å². The number of imide groups is 1. The average molecular weight is 436 g/mol. The molecular weight excluding hydrogens is 414 g/mol. The normalized spacial score (nSPS) is 13.5. The second-order valence-corrected chi connectivity index (χ2v) is 9.30. The lowest BCUT2D eigenvalue weighted by Gasteiger charge is -2.16. The van der Waals surface area contributed by atoms with Crippen LogP contribution in [-0.4, -0.2) is 30.1 Å². The van der Waals surface area contributed by atoms with Crippen molar-refractivity contribution < 1.29 is 18.0 Å². The molecule has 8 heteroatoms. The molecule has 3 aromatic rings. The standard InChI is InChI=1S/C23H21N3O4S/c1-14-11-15(2)20(16(3)12-14)25-31(29,30)18-8-6-17(7-9-18)13-26-22(27)19-5-4-10-24-21(19)23(26)28/h4-12,25H,13H2,1-3H3. The molecule has 0 atom stereocenters. The zero-order valence-electron chi connectivity index (χ0n) is 17.3. The Hall–Kier alpha value is -3.52. The number of amides is 2. The molecule has 0 saturated heterocycles. The number of carbonyl (C=O) groups is 2. The van der Waals surface area contributed by atoms with Gasteiger partial charge in [0.2, 0.25) is 0 Å². The molecule has 0 saturated carbocycles. The molecular formula is C23H21N3O4S. The third kappa shape index (κ3) is 3.82. The molecule has 4 rings (SSSR count). The number of aryl methyl sites for hydroxylation is 3. The highest BCUT2D eigenvalue weighted by atomic mass is 32.2. The molecule has 0 aliphatic carbocycles. The molecule has 1 aromatic heterocycles. The highest BCUT2D eigenvalue weighted by Gasteiger charge is 2.36. The SMILES string of the molecule is Cc1cc(C)c(NS(=O)(=O)c2ccc(CN3C(=O)c4cccnc4C3=O)cc2)c(C)c1. The summed E-state index contributed by atoms with van der Waals surface area (Å²) in [6, 6.07) is 13.1. The number of pyridine rings is 1. The van der Waals surface area contributed by atoms with Gasteiger partial charge in [-0.15, -0.1) is 0 Å². The topological polar surface area (TPSA) is 96.4 Å². The lowest BCUT2D eigenvalue weighted by molar-refractivity contribution is 0.0640. The summed E-state index contributed by atoms with van der Waals surface area (Å²) in [7, 11) is -3.79. The van der Waals surface area contributed by atoms with Crippen LogP contribution in [0, 0.1) is 20.8 Å². The van der Waals surface area contributed by atoms with Crippen LogP contribution < -0.4 is 4.72 Å². The fourth-order valence-corrected chi connectivity index (χ4v) is 4.95. The van der Waals surface area contributed by atoms with E-state index in [0.29, 0.717) is 11.3 Å². The number of nitrogens with one attached hydrogen (secondary N) is 1. The minimum absolute atomic E-state index is 0.0396. The fourth-order valence-electron chi connectivity index (χ4n) is 3.75. The summed E-state index contributed by atoms with van der Waals surface area (Å²) in [6.07, 6.45) is 1.47. The second kappa shape index (κ2) is 7.63. The van der Waals surface area contributed by atoms with E-state index in [-0.39, 0.29) is 22.7 Å². The van der Waals surface area contributed by atoms with E-state index in [9.17, 15) is 18.0 Å². The van der Waals surface area contributed by atoms with Gasteiger partial charge in [-0.3, -0.25) is 24.2 Å². The molecule has 0 unspecified atom stereocenters. The van der Waals surface area contributed by atoms with Crippen LogP contribution in [0.25, 0.3) is 0 Å². The maximum absolute atomic E-state index is 12.9. The summed E-state index contributed by atoms with van der Waals surface area (Å²) >= 11 is 0. The molecule has 2 heterocycles. The summed E-state index contributed by atoms with van der Waals surface area (Å²) in [5.74, 6) is -0.860. The molecule has 2 amide bonds. The maximum atomic E-state index is 12.9. The Morgan fingerprint density at radius 3 is 2.19 bits per heavy atom. The van der Waals surface area contributed by atoms with Crippen LogP contribution >= 0.6 is 0 Å². The molecule has 0 fully saturated rings. The van der Waals surface area contributed by atoms with Gasteiger partial charge in [-0.2, -0.15) is 0 Å². The van der Waals surface area contributed by atoms with Gasteiger partial charge in [0.1, 0.15) is 5.69 Å². The van der Waals surface area contributed by atoms with Crippen molar-refractivity contribution in [2.75, 3.05) is 4.72 Å². The van der Waals surface area contributed by atoms with Gasteiger partial charge in [0.05, 0.1) is 22.7 Å². The van der Waals surface area contributed by atoms with Crippen LogP contribution in [0.15, 0.2) is 59.6 Å². The summed E-state index contributed by atoms with van der Waals surface area (Å²) in [4.78, 5) is 30.1. The Balaban J connectivity index is 1.54. The van der Waals surface area contributed by atoms with Gasteiger partial charge >= 0.3 is 0 Å². The van der Waals surface area contributed by atoms with Crippen molar-refractivity contribution >= 4 is 27.5 Å². The van der Waals surface area contributed by atoms with Gasteiger partial charge in [0.15, 0.2) is 0 Å². The Morgan fingerprint density at radius 1 is 0.935 bits per heavy atom. The van der Waals surface area contributed by atoms with E-state index in [1.165, 1.54) is 18.3 Å². The average Bonchev–Trinajstić information content (AvgIpc) is 2.96. The number of nitrogens with zero attached hydrogens (tertiary/aromatic N) is 2. The first kappa shape index (κ1) is 20.7. The summed E-state index contributed by atoms with van der Waals surface area (Å²) in [6.45, 7) is 5.72. The van der Waals surface area contributed by atoms with Crippen molar-refractivity contribution in [3.8, 4) is 0 Å². The minimum atomic E-state index is -3.79. The number of sulfonamides is 1. The minimum Gasteiger partial charge on any atom is -0.279 e. The molecule has 1 aliphatic heterocycles. The van der Waals surface area contributed by atoms with Crippen LogP contribution in [0.4, 0.5) is 5.69 Å². The van der Waals surface area contributed by atoms with Crippen LogP contribution in [0.2, 0.25) is 0 Å². The van der Waals surface area contributed by atoms with Crippen LogP contribution in [0.3, 0.4) is 0 Å². The molecule has 0 bridgehead atoms. The first-order valence-electron chi connectivity index (χ1n) is 9.68. The predicted octanol–water partition coefficient (Wildman–Crippen LogP) is 3.60. The van der Waals surface area contributed by atoms with Crippen molar-refractivity contribution in [2.45, 2.75) is 32.2 Å². The monoisotopic (exact) mass is 435 g/mol. The number of fused-ring (bicyclic) bond motifs is 1. The van der Waals surface area contributed by atoms with Crippen molar-refractivity contribution in [3.05, 3.63) is 88.2 Å². The number of aromatic nitrogens is 1. The molecule has 158 valence electrons. The van der Waals surface area contributed by atoms with E-state index in [4.69, 9.17) is 0 Å². The quantitative estimate of drug-likeness (QED) is 0.618. The Bertz CT molecular complexity index is 1260. The Morgan fingerprint density at radius 2 is 1.58 bits per heavy atom. The fraction of sp³-hybridized carbons (Fsp3) is 0.174. The van der Waals surface area contributed by atoms with Crippen molar-refractivity contribution in [1.29, 1.82) is 0 Å². The molecule has 0 spiro atoms. The largest absolute Gasteiger partial charge is 0.280 e. The Labute approximate surface area is 180 Å². The summed E-state index contributed by atoms with van der Waals surface area (Å²) in [5, 5.41) is 0. The number of carbonyl (C=O) groups excluding carboxylic acids is 2. The predicted molar refractivity (Wildman–Crippen MR) is 116 cm³/mol. The third-order valence-corrected chi connectivity index (χ3v) is 6.58. The molecule has 1 aliphatic rings. The molecule has 0 radical (unpaired) electrons. The first-order chi connectivity index (χ1) is 14.7. The van der Waals surface area contributed by atoms with Crippen molar-refractivity contribution in [2.24, 2.45) is 0 Å². The van der Waals surface area contributed by atoms with E-state index in [0.717, 1.165) is 21.6 Å². The van der Waals surface area contributed by atoms with E-state index in [1.807, 2.05) is 32.9 Å². The highest BCUT2D eigenvalue weighted by molar-refractivity contribution is 7.92. The molecule has 2 aromatic carbocycles. The van der Waals surface area contributed by atoms with Crippen LogP contribution in [0.1, 0.15) is 43.1 Å². The number of benzene rings is 2. The van der Waals surface area contributed by atoms with Gasteiger partial charge in [-0.25, -0.2) is 8.42 Å².